The lowest BCUT2D eigenvalue weighted by Gasteiger charge is -2.28. The second-order valence-electron chi connectivity index (χ2n) is 6.93. The van der Waals surface area contributed by atoms with Gasteiger partial charge in [0.05, 0.1) is 12.7 Å². The zero-order valence-electron chi connectivity index (χ0n) is 16.5. The molecule has 1 atom stereocenters. The van der Waals surface area contributed by atoms with E-state index in [1.165, 1.54) is 19.0 Å². The van der Waals surface area contributed by atoms with E-state index in [-0.39, 0.29) is 0 Å². The summed E-state index contributed by atoms with van der Waals surface area (Å²) in [4.78, 5) is 16.7. The number of esters is 1. The lowest BCUT2D eigenvalue weighted by atomic mass is 9.96. The number of hydrogen-bond donors (Lipinski definition) is 1. The molecule has 148 valence electrons. The van der Waals surface area contributed by atoms with Crippen molar-refractivity contribution in [2.75, 3.05) is 12.4 Å². The molecule has 0 saturated heterocycles. The van der Waals surface area contributed by atoms with Gasteiger partial charge in [0.2, 0.25) is 5.95 Å². The van der Waals surface area contributed by atoms with Crippen LogP contribution >= 0.6 is 0 Å². The quantitative estimate of drug-likeness (QED) is 0.671. The van der Waals surface area contributed by atoms with E-state index in [9.17, 15) is 4.79 Å². The first-order chi connectivity index (χ1) is 14.1. The molecule has 0 radical (unpaired) electrons. The molecule has 0 unspecified atom stereocenters. The number of aromatic nitrogens is 3. The van der Waals surface area contributed by atoms with Crippen LogP contribution in [0.4, 0.5) is 5.95 Å². The Labute approximate surface area is 169 Å². The molecule has 0 spiro atoms. The summed E-state index contributed by atoms with van der Waals surface area (Å²) in [6.07, 6.45) is 1.46. The van der Waals surface area contributed by atoms with Gasteiger partial charge < -0.3 is 14.8 Å². The molecule has 1 N–H and O–H groups in total. The summed E-state index contributed by atoms with van der Waals surface area (Å²) in [7, 11) is 1.37. The third kappa shape index (κ3) is 3.71. The summed E-state index contributed by atoms with van der Waals surface area (Å²) in [5.41, 5.74) is 4.40. The number of hydrogen-bond acceptors (Lipinski definition) is 6. The number of carbonyl (C=O) groups excluding carboxylic acids is 1. The van der Waals surface area contributed by atoms with Crippen molar-refractivity contribution < 1.29 is 14.3 Å². The number of nitrogens with one attached hydrogen (secondary N) is 1. The number of carbonyl (C=O) groups is 1. The smallest absolute Gasteiger partial charge is 0.338 e. The van der Waals surface area contributed by atoms with Gasteiger partial charge in [-0.15, -0.1) is 0 Å². The minimum atomic E-state index is -0.424. The SMILES string of the molecule is COC(=O)C1=C(C)Nc2ncnn2[C@H]1c1ccc(OCc2cccc(C)c2)cc1. The summed E-state index contributed by atoms with van der Waals surface area (Å²) in [6, 6.07) is 15.5. The van der Waals surface area contributed by atoms with Crippen molar-refractivity contribution in [1.29, 1.82) is 0 Å². The van der Waals surface area contributed by atoms with Crippen LogP contribution in [0, 0.1) is 6.92 Å². The molecule has 3 aromatic rings. The predicted octanol–water partition coefficient (Wildman–Crippen LogP) is 3.63. The standard InChI is InChI=1S/C22H22N4O3/c1-14-5-4-6-16(11-14)12-29-18-9-7-17(8-10-18)20-19(21(27)28-3)15(2)25-22-23-13-24-26(20)22/h4-11,13,20H,12H2,1-3H3,(H,23,24,25)/t20-/m0/s1. The summed E-state index contributed by atoms with van der Waals surface area (Å²) in [6.45, 7) is 4.38. The highest BCUT2D eigenvalue weighted by Gasteiger charge is 2.33. The highest BCUT2D eigenvalue weighted by Crippen LogP contribution is 2.35. The number of aryl methyl sites for hydroxylation is 1. The topological polar surface area (TPSA) is 78.3 Å². The fourth-order valence-corrected chi connectivity index (χ4v) is 3.49. The molecule has 2 heterocycles. The maximum atomic E-state index is 12.4. The first-order valence-corrected chi connectivity index (χ1v) is 9.30. The molecule has 2 aromatic carbocycles. The Balaban J connectivity index is 1.59. The van der Waals surface area contributed by atoms with E-state index in [4.69, 9.17) is 9.47 Å². The van der Waals surface area contributed by atoms with Crippen LogP contribution in [0.2, 0.25) is 0 Å². The number of allylic oxidation sites excluding steroid dienone is 1. The minimum Gasteiger partial charge on any atom is -0.489 e. The fraction of sp³-hybridized carbons (Fsp3) is 0.227. The van der Waals surface area contributed by atoms with Crippen LogP contribution in [0.1, 0.15) is 29.7 Å². The van der Waals surface area contributed by atoms with Crippen molar-refractivity contribution in [3.8, 4) is 5.75 Å². The molecule has 0 bridgehead atoms. The third-order valence-electron chi connectivity index (χ3n) is 4.88. The van der Waals surface area contributed by atoms with Crippen molar-refractivity contribution in [1.82, 2.24) is 14.8 Å². The van der Waals surface area contributed by atoms with Crippen molar-refractivity contribution in [2.45, 2.75) is 26.5 Å². The molecule has 1 aromatic heterocycles. The number of ether oxygens (including phenoxy) is 2. The van der Waals surface area contributed by atoms with Gasteiger partial charge in [0.1, 0.15) is 24.7 Å². The lowest BCUT2D eigenvalue weighted by Crippen LogP contribution is -2.29. The Bertz CT molecular complexity index is 1070. The zero-order valence-corrected chi connectivity index (χ0v) is 16.5. The van der Waals surface area contributed by atoms with E-state index < -0.39 is 12.0 Å². The van der Waals surface area contributed by atoms with Gasteiger partial charge in [-0.05, 0) is 37.1 Å². The molecule has 0 amide bonds. The Kier molecular flexibility index (Phi) is 5.03. The van der Waals surface area contributed by atoms with Gasteiger partial charge in [-0.3, -0.25) is 0 Å². The van der Waals surface area contributed by atoms with E-state index in [0.717, 1.165) is 16.9 Å². The normalized spacial score (nSPS) is 15.5. The number of methoxy groups -OCH3 is 1. The van der Waals surface area contributed by atoms with Gasteiger partial charge in [-0.1, -0.05) is 42.0 Å². The van der Waals surface area contributed by atoms with E-state index in [0.29, 0.717) is 23.8 Å². The summed E-state index contributed by atoms with van der Waals surface area (Å²) >= 11 is 0. The van der Waals surface area contributed by atoms with Crippen molar-refractivity contribution in [3.63, 3.8) is 0 Å². The Morgan fingerprint density at radius 3 is 2.69 bits per heavy atom. The number of benzene rings is 2. The number of anilines is 1. The van der Waals surface area contributed by atoms with E-state index in [2.05, 4.69) is 34.5 Å². The van der Waals surface area contributed by atoms with E-state index in [1.807, 2.05) is 43.3 Å². The van der Waals surface area contributed by atoms with Gasteiger partial charge >= 0.3 is 5.97 Å². The maximum absolute atomic E-state index is 12.4. The molecule has 1 aliphatic heterocycles. The van der Waals surface area contributed by atoms with Crippen LogP contribution in [0.15, 0.2) is 66.1 Å². The van der Waals surface area contributed by atoms with E-state index in [1.54, 1.807) is 4.68 Å². The second-order valence-corrected chi connectivity index (χ2v) is 6.93. The van der Waals surface area contributed by atoms with Gasteiger partial charge in [-0.2, -0.15) is 10.1 Å². The number of nitrogens with zero attached hydrogens (tertiary/aromatic N) is 3. The van der Waals surface area contributed by atoms with Crippen LogP contribution in [0.5, 0.6) is 5.75 Å². The van der Waals surface area contributed by atoms with Crippen molar-refractivity contribution in [3.05, 3.63) is 82.8 Å². The van der Waals surface area contributed by atoms with E-state index >= 15 is 0 Å². The number of fused-ring (bicyclic) bond motifs is 1. The summed E-state index contributed by atoms with van der Waals surface area (Å²) in [5.74, 6) is 0.934. The second kappa shape index (κ2) is 7.79. The van der Waals surface area contributed by atoms with Gasteiger partial charge in [0.15, 0.2) is 0 Å². The van der Waals surface area contributed by atoms with Crippen LogP contribution in [0.3, 0.4) is 0 Å². The molecule has 7 nitrogen and oxygen atoms in total. The zero-order chi connectivity index (χ0) is 20.4. The maximum Gasteiger partial charge on any atom is 0.338 e. The van der Waals surface area contributed by atoms with Crippen LogP contribution in [-0.2, 0) is 16.1 Å². The van der Waals surface area contributed by atoms with Crippen molar-refractivity contribution >= 4 is 11.9 Å². The van der Waals surface area contributed by atoms with Crippen LogP contribution in [0.25, 0.3) is 0 Å². The van der Waals surface area contributed by atoms with Crippen molar-refractivity contribution in [2.24, 2.45) is 0 Å². The minimum absolute atomic E-state index is 0.402. The van der Waals surface area contributed by atoms with Gasteiger partial charge in [0, 0.05) is 5.70 Å². The fourth-order valence-electron chi connectivity index (χ4n) is 3.49. The van der Waals surface area contributed by atoms with Gasteiger partial charge in [0.25, 0.3) is 0 Å². The van der Waals surface area contributed by atoms with Crippen LogP contribution in [-0.4, -0.2) is 27.8 Å². The number of rotatable bonds is 5. The highest BCUT2D eigenvalue weighted by molar-refractivity contribution is 5.92. The first kappa shape index (κ1) is 18.7. The molecular formula is C22H22N4O3. The molecule has 7 heteroatoms. The molecule has 4 rings (SSSR count). The molecule has 0 saturated carbocycles. The molecule has 29 heavy (non-hydrogen) atoms. The molecule has 0 aliphatic carbocycles. The highest BCUT2D eigenvalue weighted by atomic mass is 16.5. The predicted molar refractivity (Wildman–Crippen MR) is 108 cm³/mol. The molecule has 1 aliphatic rings. The third-order valence-corrected chi connectivity index (χ3v) is 4.88. The summed E-state index contributed by atoms with van der Waals surface area (Å²) < 4.78 is 12.6. The Morgan fingerprint density at radius 2 is 1.97 bits per heavy atom. The monoisotopic (exact) mass is 390 g/mol. The Morgan fingerprint density at radius 1 is 1.17 bits per heavy atom. The Hall–Kier alpha value is -3.61. The van der Waals surface area contributed by atoms with Gasteiger partial charge in [-0.25, -0.2) is 9.48 Å². The summed E-state index contributed by atoms with van der Waals surface area (Å²) in [5, 5.41) is 7.40. The van der Waals surface area contributed by atoms with Crippen LogP contribution < -0.4 is 10.1 Å². The largest absolute Gasteiger partial charge is 0.489 e. The molecule has 0 fully saturated rings. The average molecular weight is 390 g/mol. The molecular weight excluding hydrogens is 368 g/mol. The first-order valence-electron chi connectivity index (χ1n) is 9.30. The average Bonchev–Trinajstić information content (AvgIpc) is 3.19. The lowest BCUT2D eigenvalue weighted by molar-refractivity contribution is -0.136.